The highest BCUT2D eigenvalue weighted by molar-refractivity contribution is 5.70. The maximum Gasteiger partial charge on any atom is 0.263 e. The van der Waals surface area contributed by atoms with Crippen molar-refractivity contribution in [3.63, 3.8) is 0 Å². The summed E-state index contributed by atoms with van der Waals surface area (Å²) in [4.78, 5) is 4.35. The normalized spacial score (nSPS) is 22.9. The molecule has 1 heterocycles. The minimum atomic E-state index is -0.433. The average Bonchev–Trinajstić information content (AvgIpc) is 2.89. The van der Waals surface area contributed by atoms with Crippen molar-refractivity contribution in [2.75, 3.05) is 5.73 Å². The van der Waals surface area contributed by atoms with Crippen molar-refractivity contribution in [1.82, 2.24) is 10.1 Å². The molecule has 1 fully saturated rings. The Bertz CT molecular complexity index is 583. The quantitative estimate of drug-likeness (QED) is 0.848. The minimum absolute atomic E-state index is 0.175. The van der Waals surface area contributed by atoms with Crippen LogP contribution in [0.5, 0.6) is 0 Å². The van der Waals surface area contributed by atoms with Gasteiger partial charge < -0.3 is 10.3 Å². The van der Waals surface area contributed by atoms with E-state index in [0.717, 1.165) is 18.8 Å². The number of rotatable bonds is 2. The highest BCUT2D eigenvalue weighted by atomic mass is 19.1. The predicted octanol–water partition coefficient (Wildman–Crippen LogP) is 3.75. The Morgan fingerprint density at radius 3 is 2.70 bits per heavy atom. The van der Waals surface area contributed by atoms with Crippen LogP contribution in [-0.4, -0.2) is 10.1 Å². The van der Waals surface area contributed by atoms with Crippen LogP contribution in [-0.2, 0) is 0 Å². The Balaban J connectivity index is 1.87. The fourth-order valence-electron chi connectivity index (χ4n) is 2.79. The molecule has 0 bridgehead atoms. The van der Waals surface area contributed by atoms with Gasteiger partial charge in [-0.2, -0.15) is 4.98 Å². The molecule has 1 aliphatic rings. The molecule has 0 unspecified atom stereocenters. The van der Waals surface area contributed by atoms with Gasteiger partial charge in [-0.1, -0.05) is 31.0 Å². The molecule has 2 aromatic rings. The van der Waals surface area contributed by atoms with Crippen LogP contribution in [0.3, 0.4) is 0 Å². The number of anilines is 1. The summed E-state index contributed by atoms with van der Waals surface area (Å²) >= 11 is 0. The largest absolute Gasteiger partial charge is 0.398 e. The molecular weight excluding hydrogens is 257 g/mol. The molecule has 0 amide bonds. The lowest BCUT2D eigenvalue weighted by atomic mass is 9.83. The molecule has 0 spiro atoms. The van der Waals surface area contributed by atoms with Gasteiger partial charge in [-0.05, 0) is 30.9 Å². The number of hydrogen-bond acceptors (Lipinski definition) is 4. The van der Waals surface area contributed by atoms with Crippen molar-refractivity contribution in [3.05, 3.63) is 29.8 Å². The second-order valence-corrected chi connectivity index (χ2v) is 5.62. The van der Waals surface area contributed by atoms with E-state index in [0.29, 0.717) is 17.4 Å². The SMILES string of the molecule is CC1CCC(c2noc(-c3c(N)cccc3F)n2)CC1. The van der Waals surface area contributed by atoms with Crippen LogP contribution in [0.15, 0.2) is 22.7 Å². The first-order valence-corrected chi connectivity index (χ1v) is 7.03. The van der Waals surface area contributed by atoms with Crippen molar-refractivity contribution in [3.8, 4) is 11.5 Å². The number of aromatic nitrogens is 2. The van der Waals surface area contributed by atoms with Gasteiger partial charge in [0.25, 0.3) is 5.89 Å². The smallest absolute Gasteiger partial charge is 0.263 e. The summed E-state index contributed by atoms with van der Waals surface area (Å²) in [5.41, 5.74) is 6.31. The second kappa shape index (κ2) is 5.23. The first-order chi connectivity index (χ1) is 9.65. The van der Waals surface area contributed by atoms with Crippen molar-refractivity contribution < 1.29 is 8.91 Å². The number of nitrogens with two attached hydrogens (primary N) is 1. The van der Waals surface area contributed by atoms with E-state index in [-0.39, 0.29) is 11.5 Å². The Morgan fingerprint density at radius 2 is 2.00 bits per heavy atom. The van der Waals surface area contributed by atoms with Crippen molar-refractivity contribution in [1.29, 1.82) is 0 Å². The molecule has 106 valence electrons. The van der Waals surface area contributed by atoms with Gasteiger partial charge in [-0.3, -0.25) is 0 Å². The van der Waals surface area contributed by atoms with E-state index in [1.54, 1.807) is 12.1 Å². The Labute approximate surface area is 117 Å². The summed E-state index contributed by atoms with van der Waals surface area (Å²) in [5, 5.41) is 4.02. The van der Waals surface area contributed by atoms with Crippen molar-refractivity contribution in [2.45, 2.75) is 38.5 Å². The number of hydrogen-bond donors (Lipinski definition) is 1. The fourth-order valence-corrected chi connectivity index (χ4v) is 2.79. The van der Waals surface area contributed by atoms with E-state index in [2.05, 4.69) is 17.1 Å². The lowest BCUT2D eigenvalue weighted by Crippen LogP contribution is -2.11. The highest BCUT2D eigenvalue weighted by Crippen LogP contribution is 2.35. The van der Waals surface area contributed by atoms with E-state index in [4.69, 9.17) is 10.3 Å². The fraction of sp³-hybridized carbons (Fsp3) is 0.467. The molecule has 0 aliphatic heterocycles. The third kappa shape index (κ3) is 2.40. The number of nitrogens with zero attached hydrogens (tertiary/aromatic N) is 2. The van der Waals surface area contributed by atoms with Gasteiger partial charge in [0.2, 0.25) is 0 Å². The van der Waals surface area contributed by atoms with E-state index < -0.39 is 5.82 Å². The molecule has 1 aromatic carbocycles. The van der Waals surface area contributed by atoms with Gasteiger partial charge >= 0.3 is 0 Å². The van der Waals surface area contributed by atoms with Crippen LogP contribution in [0, 0.1) is 11.7 Å². The van der Waals surface area contributed by atoms with Crippen LogP contribution in [0.25, 0.3) is 11.5 Å². The Morgan fingerprint density at radius 1 is 1.25 bits per heavy atom. The van der Waals surface area contributed by atoms with Gasteiger partial charge in [-0.25, -0.2) is 4.39 Å². The van der Waals surface area contributed by atoms with Crippen LogP contribution in [0.1, 0.15) is 44.3 Å². The summed E-state index contributed by atoms with van der Waals surface area (Å²) in [7, 11) is 0. The molecular formula is C15H18FN3O. The Kier molecular flexibility index (Phi) is 3.42. The van der Waals surface area contributed by atoms with E-state index in [9.17, 15) is 4.39 Å². The molecule has 1 saturated carbocycles. The zero-order chi connectivity index (χ0) is 14.1. The first kappa shape index (κ1) is 13.1. The first-order valence-electron chi connectivity index (χ1n) is 7.03. The van der Waals surface area contributed by atoms with Gasteiger partial charge in [0, 0.05) is 11.6 Å². The average molecular weight is 275 g/mol. The third-order valence-electron chi connectivity index (χ3n) is 4.08. The molecule has 1 aliphatic carbocycles. The van der Waals surface area contributed by atoms with Gasteiger partial charge in [0.1, 0.15) is 5.82 Å². The number of nitrogen functional groups attached to an aromatic ring is 1. The van der Waals surface area contributed by atoms with Gasteiger partial charge in [0.05, 0.1) is 5.56 Å². The van der Waals surface area contributed by atoms with Crippen molar-refractivity contribution >= 4 is 5.69 Å². The molecule has 1 aromatic heterocycles. The van der Waals surface area contributed by atoms with Gasteiger partial charge in [0.15, 0.2) is 5.82 Å². The molecule has 20 heavy (non-hydrogen) atoms. The molecule has 5 heteroatoms. The lowest BCUT2D eigenvalue weighted by molar-refractivity contribution is 0.329. The van der Waals surface area contributed by atoms with Crippen LogP contribution in [0.2, 0.25) is 0 Å². The molecule has 2 N–H and O–H groups in total. The molecule has 3 rings (SSSR count). The predicted molar refractivity (Wildman–Crippen MR) is 74.5 cm³/mol. The summed E-state index contributed by atoms with van der Waals surface area (Å²) in [6, 6.07) is 4.54. The summed E-state index contributed by atoms with van der Waals surface area (Å²) in [6.07, 6.45) is 4.48. The molecule has 0 saturated heterocycles. The molecule has 0 atom stereocenters. The maximum atomic E-state index is 13.8. The molecule has 4 nitrogen and oxygen atoms in total. The lowest BCUT2D eigenvalue weighted by Gasteiger charge is -2.23. The number of benzene rings is 1. The third-order valence-corrected chi connectivity index (χ3v) is 4.08. The summed E-state index contributed by atoms with van der Waals surface area (Å²) < 4.78 is 19.0. The van der Waals surface area contributed by atoms with Gasteiger partial charge in [-0.15, -0.1) is 0 Å². The Hall–Kier alpha value is -1.91. The summed E-state index contributed by atoms with van der Waals surface area (Å²) in [5.74, 6) is 1.50. The minimum Gasteiger partial charge on any atom is -0.398 e. The van der Waals surface area contributed by atoms with E-state index >= 15 is 0 Å². The highest BCUT2D eigenvalue weighted by Gasteiger charge is 2.25. The maximum absolute atomic E-state index is 13.8. The second-order valence-electron chi connectivity index (χ2n) is 5.62. The van der Waals surface area contributed by atoms with E-state index in [1.165, 1.54) is 18.9 Å². The van der Waals surface area contributed by atoms with Crippen molar-refractivity contribution in [2.24, 2.45) is 5.92 Å². The monoisotopic (exact) mass is 275 g/mol. The standard InChI is InChI=1S/C15H18FN3O/c1-9-5-7-10(8-6-9)14-18-15(20-19-14)13-11(16)3-2-4-12(13)17/h2-4,9-10H,5-8,17H2,1H3. The molecule has 0 radical (unpaired) electrons. The number of halogens is 1. The van der Waals surface area contributed by atoms with Crippen LogP contribution in [0.4, 0.5) is 10.1 Å². The van der Waals surface area contributed by atoms with E-state index in [1.807, 2.05) is 0 Å². The topological polar surface area (TPSA) is 64.9 Å². The van der Waals surface area contributed by atoms with Crippen LogP contribution < -0.4 is 5.73 Å². The zero-order valence-corrected chi connectivity index (χ0v) is 11.5. The zero-order valence-electron chi connectivity index (χ0n) is 11.5. The summed E-state index contributed by atoms with van der Waals surface area (Å²) in [6.45, 7) is 2.26. The van der Waals surface area contributed by atoms with Crippen LogP contribution >= 0.6 is 0 Å².